The first-order valence-corrected chi connectivity index (χ1v) is 6.55. The predicted octanol–water partition coefficient (Wildman–Crippen LogP) is 2.90. The molecule has 0 saturated heterocycles. The topological polar surface area (TPSA) is 52.8 Å². The molecule has 20 heavy (non-hydrogen) atoms. The molecule has 6 heteroatoms. The van der Waals surface area contributed by atoms with Crippen molar-refractivity contribution in [3.05, 3.63) is 47.0 Å². The first kappa shape index (κ1) is 12.9. The molecule has 0 bridgehead atoms. The van der Waals surface area contributed by atoms with E-state index < -0.39 is 0 Å². The number of fused-ring (bicyclic) bond motifs is 1. The molecule has 2 heterocycles. The van der Waals surface area contributed by atoms with Crippen LogP contribution in [0.25, 0.3) is 11.0 Å². The molecule has 0 atom stereocenters. The van der Waals surface area contributed by atoms with Crippen molar-refractivity contribution in [2.45, 2.75) is 13.5 Å². The van der Waals surface area contributed by atoms with Crippen molar-refractivity contribution in [1.82, 2.24) is 19.7 Å². The third-order valence-corrected chi connectivity index (χ3v) is 3.33. The molecule has 3 aromatic rings. The van der Waals surface area contributed by atoms with Crippen LogP contribution in [0, 0.1) is 6.92 Å². The van der Waals surface area contributed by atoms with Crippen LogP contribution in [-0.4, -0.2) is 19.7 Å². The van der Waals surface area contributed by atoms with Crippen LogP contribution in [-0.2, 0) is 13.7 Å². The molecule has 1 aromatic carbocycles. The van der Waals surface area contributed by atoms with Gasteiger partial charge in [0.25, 0.3) is 0 Å². The summed E-state index contributed by atoms with van der Waals surface area (Å²) in [6.45, 7) is 2.26. The minimum atomic E-state index is 0.270. The van der Waals surface area contributed by atoms with Gasteiger partial charge in [0.1, 0.15) is 17.5 Å². The Balaban J connectivity index is 1.88. The van der Waals surface area contributed by atoms with Gasteiger partial charge in [-0.25, -0.2) is 9.97 Å². The van der Waals surface area contributed by atoms with Crippen molar-refractivity contribution in [3.8, 4) is 5.75 Å². The number of ether oxygens (including phenoxy) is 1. The van der Waals surface area contributed by atoms with Crippen molar-refractivity contribution in [2.24, 2.45) is 7.05 Å². The highest BCUT2D eigenvalue weighted by atomic mass is 35.5. The minimum absolute atomic E-state index is 0.270. The van der Waals surface area contributed by atoms with Crippen LogP contribution < -0.4 is 4.74 Å². The van der Waals surface area contributed by atoms with Crippen LogP contribution in [0.15, 0.2) is 30.5 Å². The van der Waals surface area contributed by atoms with Crippen molar-refractivity contribution >= 4 is 22.6 Å². The van der Waals surface area contributed by atoms with Gasteiger partial charge >= 0.3 is 0 Å². The maximum Gasteiger partial charge on any atom is 0.170 e. The lowest BCUT2D eigenvalue weighted by atomic mass is 10.2. The van der Waals surface area contributed by atoms with Gasteiger partial charge in [0, 0.05) is 7.05 Å². The summed E-state index contributed by atoms with van der Waals surface area (Å²) in [4.78, 5) is 8.66. The second kappa shape index (κ2) is 5.09. The Bertz CT molecular complexity index is 769. The molecule has 0 aliphatic carbocycles. The zero-order chi connectivity index (χ0) is 14.1. The number of aromatic nitrogens is 4. The maximum absolute atomic E-state index is 6.13. The Morgan fingerprint density at radius 1 is 1.25 bits per heavy atom. The third-order valence-electron chi connectivity index (χ3n) is 3.04. The van der Waals surface area contributed by atoms with Crippen LogP contribution in [0.3, 0.4) is 0 Å². The first-order chi connectivity index (χ1) is 9.65. The molecule has 0 amide bonds. The number of nitrogens with zero attached hydrogens (tertiary/aromatic N) is 4. The van der Waals surface area contributed by atoms with E-state index in [1.165, 1.54) is 0 Å². The zero-order valence-corrected chi connectivity index (χ0v) is 11.9. The summed E-state index contributed by atoms with van der Waals surface area (Å²) in [5, 5.41) is 5.26. The van der Waals surface area contributed by atoms with Gasteiger partial charge in [-0.15, -0.1) is 0 Å². The normalized spacial score (nSPS) is 10.9. The van der Waals surface area contributed by atoms with Crippen molar-refractivity contribution in [3.63, 3.8) is 0 Å². The summed E-state index contributed by atoms with van der Waals surface area (Å²) < 4.78 is 7.40. The van der Waals surface area contributed by atoms with Gasteiger partial charge in [0.15, 0.2) is 11.5 Å². The average Bonchev–Trinajstić information content (AvgIpc) is 2.80. The van der Waals surface area contributed by atoms with E-state index in [0.29, 0.717) is 16.6 Å². The number of hydrogen-bond donors (Lipinski definition) is 0. The van der Waals surface area contributed by atoms with E-state index in [9.17, 15) is 0 Å². The standard InChI is InChI=1S/C14H13ClN4O/c1-9-5-3-4-6-11(9)20-8-12-17-13(15)10-7-16-19(2)14(10)18-12/h3-7H,8H2,1-2H3. The summed E-state index contributed by atoms with van der Waals surface area (Å²) in [6, 6.07) is 7.81. The first-order valence-electron chi connectivity index (χ1n) is 6.17. The number of benzene rings is 1. The number of halogens is 1. The van der Waals surface area contributed by atoms with Crippen LogP contribution in [0.4, 0.5) is 0 Å². The zero-order valence-electron chi connectivity index (χ0n) is 11.2. The van der Waals surface area contributed by atoms with Gasteiger partial charge in [-0.2, -0.15) is 5.10 Å². The molecule has 3 rings (SSSR count). The third kappa shape index (κ3) is 2.32. The molecule has 0 fully saturated rings. The highest BCUT2D eigenvalue weighted by molar-refractivity contribution is 6.33. The fourth-order valence-electron chi connectivity index (χ4n) is 1.96. The van der Waals surface area contributed by atoms with E-state index in [1.54, 1.807) is 10.9 Å². The van der Waals surface area contributed by atoms with Gasteiger partial charge < -0.3 is 4.74 Å². The number of aryl methyl sites for hydroxylation is 2. The fourth-order valence-corrected chi connectivity index (χ4v) is 2.19. The number of hydrogen-bond acceptors (Lipinski definition) is 4. The molecular weight excluding hydrogens is 276 g/mol. The lowest BCUT2D eigenvalue weighted by Gasteiger charge is -2.08. The van der Waals surface area contributed by atoms with Crippen LogP contribution in [0.2, 0.25) is 5.15 Å². The quantitative estimate of drug-likeness (QED) is 0.695. The van der Waals surface area contributed by atoms with Gasteiger partial charge in [-0.3, -0.25) is 4.68 Å². The van der Waals surface area contributed by atoms with E-state index in [-0.39, 0.29) is 6.61 Å². The largest absolute Gasteiger partial charge is 0.485 e. The molecule has 0 N–H and O–H groups in total. The second-order valence-corrected chi connectivity index (χ2v) is 4.85. The van der Waals surface area contributed by atoms with Crippen LogP contribution in [0.5, 0.6) is 5.75 Å². The molecule has 102 valence electrons. The molecule has 0 saturated carbocycles. The highest BCUT2D eigenvalue weighted by Gasteiger charge is 2.10. The molecule has 0 radical (unpaired) electrons. The van der Waals surface area contributed by atoms with Crippen LogP contribution in [0.1, 0.15) is 11.4 Å². The smallest absolute Gasteiger partial charge is 0.170 e. The molecular formula is C14H13ClN4O. The minimum Gasteiger partial charge on any atom is -0.485 e. The van der Waals surface area contributed by atoms with Gasteiger partial charge in [0.2, 0.25) is 0 Å². The van der Waals surface area contributed by atoms with E-state index in [4.69, 9.17) is 16.3 Å². The van der Waals surface area contributed by atoms with Crippen molar-refractivity contribution in [2.75, 3.05) is 0 Å². The van der Waals surface area contributed by atoms with E-state index in [0.717, 1.165) is 16.7 Å². The monoisotopic (exact) mass is 288 g/mol. The summed E-state index contributed by atoms with van der Waals surface area (Å²) in [5.41, 5.74) is 1.77. The van der Waals surface area contributed by atoms with E-state index in [1.807, 2.05) is 38.2 Å². The Kier molecular flexibility index (Phi) is 3.28. The Labute approximate surface area is 121 Å². The summed E-state index contributed by atoms with van der Waals surface area (Å²) in [6.07, 6.45) is 1.66. The Morgan fingerprint density at radius 2 is 2.05 bits per heavy atom. The number of rotatable bonds is 3. The SMILES string of the molecule is Cc1ccccc1OCc1nc(Cl)c2cnn(C)c2n1. The second-order valence-electron chi connectivity index (χ2n) is 4.49. The molecule has 5 nitrogen and oxygen atoms in total. The lowest BCUT2D eigenvalue weighted by molar-refractivity contribution is 0.294. The molecule has 0 aliphatic heterocycles. The molecule has 0 unspecified atom stereocenters. The summed E-state index contributed by atoms with van der Waals surface area (Å²) in [5.74, 6) is 1.35. The van der Waals surface area contributed by atoms with Crippen LogP contribution >= 0.6 is 11.6 Å². The van der Waals surface area contributed by atoms with Crippen molar-refractivity contribution < 1.29 is 4.74 Å². The highest BCUT2D eigenvalue weighted by Crippen LogP contribution is 2.21. The Hall–Kier alpha value is -2.14. The lowest BCUT2D eigenvalue weighted by Crippen LogP contribution is -2.04. The summed E-state index contributed by atoms with van der Waals surface area (Å²) >= 11 is 6.13. The predicted molar refractivity (Wildman–Crippen MR) is 76.8 cm³/mol. The Morgan fingerprint density at radius 3 is 2.85 bits per heavy atom. The average molecular weight is 289 g/mol. The van der Waals surface area contributed by atoms with E-state index in [2.05, 4.69) is 15.1 Å². The van der Waals surface area contributed by atoms with Gasteiger partial charge in [-0.05, 0) is 18.6 Å². The molecule has 0 spiro atoms. The summed E-state index contributed by atoms with van der Waals surface area (Å²) in [7, 11) is 1.82. The number of para-hydroxylation sites is 1. The van der Waals surface area contributed by atoms with Crippen molar-refractivity contribution in [1.29, 1.82) is 0 Å². The van der Waals surface area contributed by atoms with E-state index >= 15 is 0 Å². The molecule has 2 aromatic heterocycles. The van der Waals surface area contributed by atoms with Gasteiger partial charge in [0.05, 0.1) is 11.6 Å². The van der Waals surface area contributed by atoms with Gasteiger partial charge in [-0.1, -0.05) is 29.8 Å². The fraction of sp³-hybridized carbons (Fsp3) is 0.214. The maximum atomic E-state index is 6.13. The molecule has 0 aliphatic rings.